The van der Waals surface area contributed by atoms with Crippen LogP contribution < -0.4 is 0 Å². The number of rotatable bonds is 0. The first-order chi connectivity index (χ1) is 3.95. The quantitative estimate of drug-likeness (QED) is 0.578. The average Bonchev–Trinajstić information content (AvgIpc) is 1.92. The van der Waals surface area contributed by atoms with E-state index in [0.29, 0.717) is 0 Å². The third-order valence-corrected chi connectivity index (χ3v) is 20.4. The molecule has 3 aliphatic rings. The number of hydrogen-bond acceptors (Lipinski definition) is 3. The average molecular weight is 226 g/mol. The van der Waals surface area contributed by atoms with Crippen LogP contribution in [0.15, 0.2) is 0 Å². The summed E-state index contributed by atoms with van der Waals surface area (Å²) in [7, 11) is 6.85. The van der Waals surface area contributed by atoms with Crippen LogP contribution in [0.3, 0.4) is 0 Å². The summed E-state index contributed by atoms with van der Waals surface area (Å²) in [6.07, 6.45) is 0. The molecule has 0 unspecified atom stereocenters. The third-order valence-electron chi connectivity index (χ3n) is 1.25. The molecular formula is C4H7AsS3. The van der Waals surface area contributed by atoms with Crippen LogP contribution in [0.5, 0.6) is 0 Å². The van der Waals surface area contributed by atoms with Crippen molar-refractivity contribution in [3.05, 3.63) is 0 Å². The summed E-state index contributed by atoms with van der Waals surface area (Å²) in [5, 5.41) is 0. The van der Waals surface area contributed by atoms with Crippen LogP contribution in [0, 0.1) is 5.92 Å². The van der Waals surface area contributed by atoms with Crippen molar-refractivity contribution in [1.82, 2.24) is 0 Å². The Morgan fingerprint density at radius 1 is 1.00 bits per heavy atom. The second-order valence-corrected chi connectivity index (χ2v) is 18.9. The second kappa shape index (κ2) is 2.69. The van der Waals surface area contributed by atoms with Gasteiger partial charge in [0.25, 0.3) is 0 Å². The van der Waals surface area contributed by atoms with Gasteiger partial charge in [-0.1, -0.05) is 0 Å². The Kier molecular flexibility index (Phi) is 2.13. The van der Waals surface area contributed by atoms with Gasteiger partial charge >= 0.3 is 64.4 Å². The van der Waals surface area contributed by atoms with Gasteiger partial charge < -0.3 is 0 Å². The first-order valence-electron chi connectivity index (χ1n) is 2.64. The zero-order valence-corrected chi connectivity index (χ0v) is 8.70. The van der Waals surface area contributed by atoms with E-state index in [9.17, 15) is 0 Å². The van der Waals surface area contributed by atoms with Gasteiger partial charge in [-0.05, 0) is 0 Å². The molecule has 3 fully saturated rings. The van der Waals surface area contributed by atoms with Crippen LogP contribution in [0.4, 0.5) is 0 Å². The standard InChI is InChI=1S/C4H7AsS3/c1-4-2-7-5(6-1)8-3-4/h4H,1-3H2. The van der Waals surface area contributed by atoms with Crippen molar-refractivity contribution in [3.8, 4) is 0 Å². The molecule has 3 saturated heterocycles. The molecule has 0 radical (unpaired) electrons. The SMILES string of the molecule is C1S[As]2SCC1CS2. The first kappa shape index (κ1) is 6.33. The van der Waals surface area contributed by atoms with E-state index in [1.807, 2.05) is 0 Å². The van der Waals surface area contributed by atoms with Gasteiger partial charge in [0, 0.05) is 0 Å². The van der Waals surface area contributed by atoms with Gasteiger partial charge in [0.2, 0.25) is 0 Å². The Morgan fingerprint density at radius 3 is 1.62 bits per heavy atom. The molecule has 2 bridgehead atoms. The summed E-state index contributed by atoms with van der Waals surface area (Å²) in [6.45, 7) is 0. The zero-order valence-electron chi connectivity index (χ0n) is 4.37. The molecule has 8 heavy (non-hydrogen) atoms. The Morgan fingerprint density at radius 2 is 1.50 bits per heavy atom. The summed E-state index contributed by atoms with van der Waals surface area (Å²) in [5.41, 5.74) is 0. The van der Waals surface area contributed by atoms with Crippen LogP contribution in [-0.2, 0) is 0 Å². The molecule has 0 atom stereocenters. The zero-order chi connectivity index (χ0) is 5.40. The van der Waals surface area contributed by atoms with Gasteiger partial charge in [0.1, 0.15) is 0 Å². The Bertz CT molecular complexity index is 66.3. The molecule has 0 saturated carbocycles. The Hall–Kier alpha value is 1.61. The predicted octanol–water partition coefficient (Wildman–Crippen LogP) is 1.81. The van der Waals surface area contributed by atoms with Gasteiger partial charge in [-0.2, -0.15) is 0 Å². The second-order valence-electron chi connectivity index (χ2n) is 1.98. The summed E-state index contributed by atoms with van der Waals surface area (Å²) in [5.74, 6) is 5.58. The normalized spacial score (nSPS) is 45.0. The molecular weight excluding hydrogens is 219 g/mol. The molecule has 3 aliphatic heterocycles. The van der Waals surface area contributed by atoms with Crippen LogP contribution in [0.1, 0.15) is 0 Å². The van der Waals surface area contributed by atoms with Crippen molar-refractivity contribution in [2.24, 2.45) is 5.92 Å². The van der Waals surface area contributed by atoms with Crippen LogP contribution >= 0.6 is 30.1 Å². The van der Waals surface area contributed by atoms with E-state index in [2.05, 4.69) is 30.1 Å². The van der Waals surface area contributed by atoms with E-state index in [-0.39, 0.29) is 11.2 Å². The fourth-order valence-electron chi connectivity index (χ4n) is 0.755. The molecule has 0 aromatic rings. The van der Waals surface area contributed by atoms with Crippen molar-refractivity contribution >= 4 is 41.3 Å². The van der Waals surface area contributed by atoms with E-state index < -0.39 is 0 Å². The molecule has 0 aromatic heterocycles. The van der Waals surface area contributed by atoms with E-state index in [1.165, 1.54) is 17.3 Å². The van der Waals surface area contributed by atoms with Gasteiger partial charge in [0.15, 0.2) is 0 Å². The summed E-state index contributed by atoms with van der Waals surface area (Å²) < 4.78 is 0. The van der Waals surface area contributed by atoms with Gasteiger partial charge in [-0.15, -0.1) is 0 Å². The van der Waals surface area contributed by atoms with Gasteiger partial charge in [0.05, 0.1) is 0 Å². The molecule has 0 aliphatic carbocycles. The summed E-state index contributed by atoms with van der Waals surface area (Å²) >= 11 is -0.349. The van der Waals surface area contributed by atoms with Crippen molar-refractivity contribution in [2.45, 2.75) is 0 Å². The van der Waals surface area contributed by atoms with Crippen LogP contribution in [-0.4, -0.2) is 28.4 Å². The molecule has 0 spiro atoms. The Balaban J connectivity index is 2.03. The summed E-state index contributed by atoms with van der Waals surface area (Å²) in [4.78, 5) is 0. The van der Waals surface area contributed by atoms with Crippen molar-refractivity contribution in [3.63, 3.8) is 0 Å². The van der Waals surface area contributed by atoms with E-state index in [1.54, 1.807) is 0 Å². The van der Waals surface area contributed by atoms with Crippen molar-refractivity contribution < 1.29 is 0 Å². The number of fused-ring (bicyclic) bond motifs is 3. The van der Waals surface area contributed by atoms with E-state index in [4.69, 9.17) is 0 Å². The summed E-state index contributed by atoms with van der Waals surface area (Å²) in [6, 6.07) is 0. The fourth-order valence-corrected chi connectivity index (χ4v) is 20.0. The maximum absolute atomic E-state index is 2.28. The van der Waals surface area contributed by atoms with E-state index >= 15 is 0 Å². The third kappa shape index (κ3) is 1.20. The molecule has 0 amide bonds. The fraction of sp³-hybridized carbons (Fsp3) is 1.00. The molecule has 3 heterocycles. The molecule has 0 nitrogen and oxygen atoms in total. The molecule has 4 heteroatoms. The van der Waals surface area contributed by atoms with Gasteiger partial charge in [-0.25, -0.2) is 0 Å². The molecule has 3 rings (SSSR count). The molecule has 0 N–H and O–H groups in total. The monoisotopic (exact) mass is 226 g/mol. The number of hydrogen-bond donors (Lipinski definition) is 0. The topological polar surface area (TPSA) is 0 Å². The van der Waals surface area contributed by atoms with Crippen LogP contribution in [0.2, 0.25) is 0 Å². The van der Waals surface area contributed by atoms with E-state index in [0.717, 1.165) is 5.92 Å². The minimum atomic E-state index is -0.349. The first-order valence-corrected chi connectivity index (χ1v) is 12.4. The predicted molar refractivity (Wildman–Crippen MR) is 46.6 cm³/mol. The minimum absolute atomic E-state index is 0.349. The van der Waals surface area contributed by atoms with Gasteiger partial charge in [-0.3, -0.25) is 0 Å². The van der Waals surface area contributed by atoms with Crippen molar-refractivity contribution in [1.29, 1.82) is 0 Å². The molecule has 46 valence electrons. The maximum atomic E-state index is 2.28. The Labute approximate surface area is 64.2 Å². The van der Waals surface area contributed by atoms with Crippen LogP contribution in [0.25, 0.3) is 0 Å². The molecule has 0 aromatic carbocycles. The van der Waals surface area contributed by atoms with Crippen molar-refractivity contribution in [2.75, 3.05) is 17.3 Å².